The summed E-state index contributed by atoms with van der Waals surface area (Å²) in [6.07, 6.45) is 3.00. The minimum absolute atomic E-state index is 0.106. The van der Waals surface area contributed by atoms with Crippen molar-refractivity contribution in [1.29, 1.82) is 0 Å². The molecule has 1 saturated heterocycles. The van der Waals surface area contributed by atoms with Crippen molar-refractivity contribution in [1.82, 2.24) is 4.90 Å². The first-order chi connectivity index (χ1) is 13.6. The number of likely N-dealkylation sites (tertiary alicyclic amines) is 1. The molecule has 2 N–H and O–H groups in total. The summed E-state index contributed by atoms with van der Waals surface area (Å²) in [7, 11) is 0. The van der Waals surface area contributed by atoms with Crippen LogP contribution in [0.25, 0.3) is 10.8 Å². The number of aromatic hydroxyl groups is 2. The monoisotopic (exact) mass is 397 g/mol. The van der Waals surface area contributed by atoms with E-state index in [0.29, 0.717) is 17.3 Å². The van der Waals surface area contributed by atoms with Crippen LogP contribution in [0.2, 0.25) is 0 Å². The van der Waals surface area contributed by atoms with Gasteiger partial charge < -0.3 is 19.8 Å². The molecule has 6 heteroatoms. The van der Waals surface area contributed by atoms with E-state index < -0.39 is 5.97 Å². The number of fused-ring (bicyclic) bond motifs is 3. The van der Waals surface area contributed by atoms with E-state index >= 15 is 0 Å². The highest BCUT2D eigenvalue weighted by atomic mass is 16.5. The Balaban J connectivity index is 1.47. The zero-order valence-electron chi connectivity index (χ0n) is 17.1. The van der Waals surface area contributed by atoms with Gasteiger partial charge in [-0.25, -0.2) is 4.79 Å². The Morgan fingerprint density at radius 2 is 1.83 bits per heavy atom. The number of phenols is 2. The Morgan fingerprint density at radius 1 is 1.14 bits per heavy atom. The van der Waals surface area contributed by atoms with Crippen LogP contribution < -0.4 is 0 Å². The van der Waals surface area contributed by atoms with Gasteiger partial charge in [0.15, 0.2) is 6.61 Å². The lowest BCUT2D eigenvalue weighted by molar-refractivity contribution is -0.135. The topological polar surface area (TPSA) is 87.1 Å². The molecule has 0 unspecified atom stereocenters. The summed E-state index contributed by atoms with van der Waals surface area (Å²) in [5.41, 5.74) is 0.147. The molecule has 1 amide bonds. The smallest absolute Gasteiger partial charge is 0.342 e. The number of rotatable bonds is 3. The quantitative estimate of drug-likeness (QED) is 0.607. The Kier molecular flexibility index (Phi) is 4.48. The summed E-state index contributed by atoms with van der Waals surface area (Å²) >= 11 is 0. The number of nitrogens with zero attached hydrogens (tertiary/aromatic N) is 1. The normalized spacial score (nSPS) is 25.2. The van der Waals surface area contributed by atoms with E-state index in [1.165, 1.54) is 6.07 Å². The summed E-state index contributed by atoms with van der Waals surface area (Å²) in [6.45, 7) is 7.00. The molecule has 4 rings (SSSR count). The van der Waals surface area contributed by atoms with Crippen LogP contribution in [0.15, 0.2) is 30.3 Å². The molecule has 2 bridgehead atoms. The first-order valence-corrected chi connectivity index (χ1v) is 9.99. The molecule has 1 aliphatic heterocycles. The lowest BCUT2D eigenvalue weighted by Gasteiger charge is -2.39. The number of ether oxygens (including phenoxy) is 1. The molecule has 1 saturated carbocycles. The standard InChI is InChI=1S/C23H27NO5/c1-22(2)9-14-10-23(3,12-22)13-24(14)19(26)11-29-21(28)17-8-18(25)15-6-4-5-7-16(15)20(17)27/h4-8,14,25,27H,9-13H2,1-3H3/t14-,23+/m1/s1. The van der Waals surface area contributed by atoms with Crippen LogP contribution in [-0.4, -0.2) is 46.2 Å². The van der Waals surface area contributed by atoms with Gasteiger partial charge in [0.05, 0.1) is 0 Å². The van der Waals surface area contributed by atoms with Crippen LogP contribution in [0.5, 0.6) is 11.5 Å². The fraction of sp³-hybridized carbons (Fsp3) is 0.478. The molecule has 0 aromatic heterocycles. The van der Waals surface area contributed by atoms with Crippen LogP contribution in [-0.2, 0) is 9.53 Å². The van der Waals surface area contributed by atoms with E-state index in [-0.39, 0.29) is 46.4 Å². The summed E-state index contributed by atoms with van der Waals surface area (Å²) in [5.74, 6) is -1.43. The minimum atomic E-state index is -0.828. The van der Waals surface area contributed by atoms with Crippen LogP contribution in [0.4, 0.5) is 0 Å². The van der Waals surface area contributed by atoms with Gasteiger partial charge in [0.2, 0.25) is 0 Å². The zero-order chi connectivity index (χ0) is 21.0. The highest BCUT2D eigenvalue weighted by Gasteiger charge is 2.50. The van der Waals surface area contributed by atoms with E-state index in [1.807, 2.05) is 4.90 Å². The molecule has 0 spiro atoms. The molecule has 2 aliphatic rings. The van der Waals surface area contributed by atoms with Gasteiger partial charge in [-0.05, 0) is 36.2 Å². The Labute approximate surface area is 170 Å². The fourth-order valence-electron chi connectivity index (χ4n) is 5.54. The van der Waals surface area contributed by atoms with Crippen LogP contribution >= 0.6 is 0 Å². The van der Waals surface area contributed by atoms with Gasteiger partial charge in [0, 0.05) is 23.4 Å². The van der Waals surface area contributed by atoms with Crippen molar-refractivity contribution in [3.05, 3.63) is 35.9 Å². The third-order valence-corrected chi connectivity index (χ3v) is 6.28. The van der Waals surface area contributed by atoms with Gasteiger partial charge in [-0.2, -0.15) is 0 Å². The van der Waals surface area contributed by atoms with E-state index in [2.05, 4.69) is 20.8 Å². The van der Waals surface area contributed by atoms with E-state index in [1.54, 1.807) is 24.3 Å². The van der Waals surface area contributed by atoms with Gasteiger partial charge in [-0.1, -0.05) is 45.0 Å². The zero-order valence-corrected chi connectivity index (χ0v) is 17.1. The second-order valence-electron chi connectivity index (χ2n) is 9.65. The molecule has 2 atom stereocenters. The summed E-state index contributed by atoms with van der Waals surface area (Å²) < 4.78 is 5.22. The maximum atomic E-state index is 12.8. The highest BCUT2D eigenvalue weighted by Crippen LogP contribution is 2.52. The lowest BCUT2D eigenvalue weighted by atomic mass is 9.65. The van der Waals surface area contributed by atoms with Crippen molar-refractivity contribution in [2.45, 2.75) is 46.1 Å². The molecule has 6 nitrogen and oxygen atoms in total. The number of phenolic OH excluding ortho intramolecular Hbond substituents is 2. The van der Waals surface area contributed by atoms with Crippen molar-refractivity contribution in [2.75, 3.05) is 13.2 Å². The number of esters is 1. The van der Waals surface area contributed by atoms with Gasteiger partial charge in [-0.3, -0.25) is 4.79 Å². The maximum absolute atomic E-state index is 12.8. The third-order valence-electron chi connectivity index (χ3n) is 6.28. The van der Waals surface area contributed by atoms with Gasteiger partial charge >= 0.3 is 5.97 Å². The molecule has 0 radical (unpaired) electrons. The first-order valence-electron chi connectivity index (χ1n) is 9.99. The summed E-state index contributed by atoms with van der Waals surface area (Å²) in [6, 6.07) is 8.04. The number of benzene rings is 2. The van der Waals surface area contributed by atoms with Crippen molar-refractivity contribution in [3.63, 3.8) is 0 Å². The molecule has 2 aromatic carbocycles. The van der Waals surface area contributed by atoms with Crippen molar-refractivity contribution in [3.8, 4) is 11.5 Å². The Morgan fingerprint density at radius 3 is 2.55 bits per heavy atom. The van der Waals surface area contributed by atoms with E-state index in [9.17, 15) is 19.8 Å². The molecular weight excluding hydrogens is 370 g/mol. The predicted octanol–water partition coefficient (Wildman–Crippen LogP) is 3.84. The second-order valence-corrected chi connectivity index (χ2v) is 9.65. The fourth-order valence-corrected chi connectivity index (χ4v) is 5.54. The second kappa shape index (κ2) is 6.65. The van der Waals surface area contributed by atoms with Crippen molar-refractivity contribution < 1.29 is 24.5 Å². The minimum Gasteiger partial charge on any atom is -0.507 e. The summed E-state index contributed by atoms with van der Waals surface area (Å²) in [5, 5.41) is 21.4. The van der Waals surface area contributed by atoms with Crippen LogP contribution in [0, 0.1) is 10.8 Å². The first kappa shape index (κ1) is 19.6. The van der Waals surface area contributed by atoms with Gasteiger partial charge in [0.1, 0.15) is 17.1 Å². The van der Waals surface area contributed by atoms with Crippen molar-refractivity contribution >= 4 is 22.6 Å². The van der Waals surface area contributed by atoms with Gasteiger partial charge in [0.25, 0.3) is 5.91 Å². The molecule has 29 heavy (non-hydrogen) atoms. The predicted molar refractivity (Wildman–Crippen MR) is 109 cm³/mol. The molecule has 2 fully saturated rings. The average Bonchev–Trinajstić information content (AvgIpc) is 2.91. The number of amides is 1. The van der Waals surface area contributed by atoms with Crippen LogP contribution in [0.1, 0.15) is 50.4 Å². The molecule has 154 valence electrons. The number of carbonyl (C=O) groups excluding carboxylic acids is 2. The number of carbonyl (C=O) groups is 2. The van der Waals surface area contributed by atoms with Crippen molar-refractivity contribution in [2.24, 2.45) is 10.8 Å². The lowest BCUT2D eigenvalue weighted by Crippen LogP contribution is -2.39. The Hall–Kier alpha value is -2.76. The number of hydrogen-bond donors (Lipinski definition) is 2. The molecular formula is C23H27NO5. The van der Waals surface area contributed by atoms with E-state index in [0.717, 1.165) is 19.3 Å². The van der Waals surface area contributed by atoms with Gasteiger partial charge in [-0.15, -0.1) is 0 Å². The average molecular weight is 397 g/mol. The van der Waals surface area contributed by atoms with Crippen LogP contribution in [0.3, 0.4) is 0 Å². The van der Waals surface area contributed by atoms with E-state index in [4.69, 9.17) is 4.74 Å². The SMILES string of the molecule is CC1(C)C[C@@H]2C[C@](C)(CN2C(=O)COC(=O)c2cc(O)c3ccccc3c2O)C1. The third kappa shape index (κ3) is 3.52. The Bertz CT molecular complexity index is 998. The maximum Gasteiger partial charge on any atom is 0.342 e. The molecule has 2 aromatic rings. The summed E-state index contributed by atoms with van der Waals surface area (Å²) in [4.78, 5) is 27.1. The molecule has 1 heterocycles. The highest BCUT2D eigenvalue weighted by molar-refractivity contribution is 6.04. The number of hydrogen-bond acceptors (Lipinski definition) is 5. The largest absolute Gasteiger partial charge is 0.507 e. The molecule has 1 aliphatic carbocycles.